The van der Waals surface area contributed by atoms with E-state index in [-0.39, 0.29) is 5.97 Å². The average molecular weight is 178 g/mol. The van der Waals surface area contributed by atoms with Crippen LogP contribution in [-0.4, -0.2) is 17.6 Å². The molecule has 0 unspecified atom stereocenters. The van der Waals surface area contributed by atoms with Gasteiger partial charge in [0.2, 0.25) is 0 Å². The number of pyridine rings is 1. The molecule has 1 aromatic heterocycles. The van der Waals surface area contributed by atoms with Crippen molar-refractivity contribution in [2.75, 3.05) is 6.61 Å². The number of carbonyl (C=O) groups excluding carboxylic acids is 1. The van der Waals surface area contributed by atoms with E-state index in [1.165, 1.54) is 6.20 Å². The number of unbranched alkanes of at least 4 members (excludes halogenated alkanes) is 1. The minimum atomic E-state index is -0.359. The Labute approximate surface area is 77.8 Å². The van der Waals surface area contributed by atoms with Crippen molar-refractivity contribution < 1.29 is 9.53 Å². The highest BCUT2D eigenvalue weighted by atomic mass is 16.5. The quantitative estimate of drug-likeness (QED) is 0.521. The summed E-state index contributed by atoms with van der Waals surface area (Å²) in [5.74, 6) is -0.359. The molecule has 0 bridgehead atoms. The Bertz CT molecular complexity index is 259. The highest BCUT2D eigenvalue weighted by Gasteiger charge is 2.05. The van der Waals surface area contributed by atoms with E-state index < -0.39 is 0 Å². The zero-order valence-corrected chi connectivity index (χ0v) is 7.62. The van der Waals surface area contributed by atoms with E-state index in [0.29, 0.717) is 12.3 Å². The number of rotatable bonds is 4. The van der Waals surface area contributed by atoms with Crippen LogP contribution in [0.15, 0.2) is 18.3 Å². The first-order valence-corrected chi connectivity index (χ1v) is 4.34. The zero-order valence-electron chi connectivity index (χ0n) is 7.62. The van der Waals surface area contributed by atoms with E-state index in [4.69, 9.17) is 4.74 Å². The lowest BCUT2D eigenvalue weighted by Gasteiger charge is -2.01. The summed E-state index contributed by atoms with van der Waals surface area (Å²) < 4.78 is 4.95. The van der Waals surface area contributed by atoms with Gasteiger partial charge in [-0.25, -0.2) is 9.78 Å². The van der Waals surface area contributed by atoms with Crippen molar-refractivity contribution in [2.45, 2.75) is 19.8 Å². The van der Waals surface area contributed by atoms with Crippen LogP contribution in [0.1, 0.15) is 30.3 Å². The van der Waals surface area contributed by atoms with Crippen LogP contribution in [-0.2, 0) is 4.74 Å². The monoisotopic (exact) mass is 178 g/mol. The molecule has 0 aromatic carbocycles. The second-order valence-corrected chi connectivity index (χ2v) is 2.63. The average Bonchev–Trinajstić information content (AvgIpc) is 2.19. The van der Waals surface area contributed by atoms with Crippen LogP contribution in [0.5, 0.6) is 0 Å². The standard InChI is InChI=1S/C10H12NO2/c1-2-3-8-13-10(12)9-6-4-5-7-11-9/h4,6-7H,2-3,8H2,1H3. The molecule has 69 valence electrons. The van der Waals surface area contributed by atoms with Crippen molar-refractivity contribution in [2.24, 2.45) is 0 Å². The predicted molar refractivity (Wildman–Crippen MR) is 48.3 cm³/mol. The van der Waals surface area contributed by atoms with Gasteiger partial charge in [0, 0.05) is 12.3 Å². The van der Waals surface area contributed by atoms with Crippen molar-refractivity contribution in [3.05, 3.63) is 30.1 Å². The molecule has 0 aliphatic rings. The van der Waals surface area contributed by atoms with Gasteiger partial charge in [-0.2, -0.15) is 0 Å². The fourth-order valence-corrected chi connectivity index (χ4v) is 0.824. The molecular formula is C10H12NO2. The summed E-state index contributed by atoms with van der Waals surface area (Å²) in [5.41, 5.74) is 0.342. The summed E-state index contributed by atoms with van der Waals surface area (Å²) in [6.45, 7) is 2.51. The molecule has 0 saturated heterocycles. The Morgan fingerprint density at radius 3 is 3.15 bits per heavy atom. The lowest BCUT2D eigenvalue weighted by molar-refractivity contribution is 0.0493. The number of nitrogens with zero attached hydrogens (tertiary/aromatic N) is 1. The third-order valence-corrected chi connectivity index (χ3v) is 1.56. The second-order valence-electron chi connectivity index (χ2n) is 2.63. The molecule has 1 rings (SSSR count). The third kappa shape index (κ3) is 3.23. The fraction of sp³-hybridized carbons (Fsp3) is 0.400. The molecule has 1 aromatic rings. The van der Waals surface area contributed by atoms with Crippen LogP contribution in [0.3, 0.4) is 0 Å². The van der Waals surface area contributed by atoms with Gasteiger partial charge >= 0.3 is 5.97 Å². The molecule has 0 spiro atoms. The van der Waals surface area contributed by atoms with Crippen LogP contribution in [0.4, 0.5) is 0 Å². The number of hydrogen-bond acceptors (Lipinski definition) is 3. The molecule has 0 N–H and O–H groups in total. The van der Waals surface area contributed by atoms with Crippen molar-refractivity contribution in [3.8, 4) is 0 Å². The lowest BCUT2D eigenvalue weighted by Crippen LogP contribution is -2.07. The minimum absolute atomic E-state index is 0.342. The number of hydrogen-bond donors (Lipinski definition) is 0. The van der Waals surface area contributed by atoms with E-state index in [2.05, 4.69) is 11.1 Å². The Morgan fingerprint density at radius 2 is 2.54 bits per heavy atom. The third-order valence-electron chi connectivity index (χ3n) is 1.56. The van der Waals surface area contributed by atoms with Crippen molar-refractivity contribution in [3.63, 3.8) is 0 Å². The summed E-state index contributed by atoms with van der Waals surface area (Å²) in [6, 6.07) is 5.97. The molecule has 0 saturated carbocycles. The molecule has 0 aliphatic carbocycles. The first-order valence-electron chi connectivity index (χ1n) is 4.34. The predicted octanol–water partition coefficient (Wildman–Crippen LogP) is 1.84. The summed E-state index contributed by atoms with van der Waals surface area (Å²) >= 11 is 0. The molecular weight excluding hydrogens is 166 g/mol. The summed E-state index contributed by atoms with van der Waals surface area (Å²) in [5, 5.41) is 0. The van der Waals surface area contributed by atoms with E-state index in [0.717, 1.165) is 12.8 Å². The SMILES string of the molecule is CCCCOC(=O)c1cc[c]cn1. The van der Waals surface area contributed by atoms with E-state index in [9.17, 15) is 4.79 Å². The van der Waals surface area contributed by atoms with Crippen LogP contribution in [0, 0.1) is 6.07 Å². The number of aromatic nitrogens is 1. The van der Waals surface area contributed by atoms with Gasteiger partial charge in [-0.1, -0.05) is 19.4 Å². The largest absolute Gasteiger partial charge is 0.461 e. The molecule has 1 heterocycles. The molecule has 3 heteroatoms. The molecule has 3 nitrogen and oxygen atoms in total. The van der Waals surface area contributed by atoms with E-state index in [1.54, 1.807) is 12.1 Å². The summed E-state index contributed by atoms with van der Waals surface area (Å²) in [6.07, 6.45) is 3.37. The maximum atomic E-state index is 11.2. The van der Waals surface area contributed by atoms with Crippen LogP contribution in [0.25, 0.3) is 0 Å². The number of carbonyl (C=O) groups is 1. The Kier molecular flexibility index (Phi) is 3.96. The van der Waals surface area contributed by atoms with Gasteiger partial charge in [0.25, 0.3) is 0 Å². The van der Waals surface area contributed by atoms with Gasteiger partial charge in [0.1, 0.15) is 5.69 Å². The summed E-state index contributed by atoms with van der Waals surface area (Å²) in [7, 11) is 0. The normalized spacial score (nSPS) is 9.62. The summed E-state index contributed by atoms with van der Waals surface area (Å²) in [4.78, 5) is 15.0. The van der Waals surface area contributed by atoms with Crippen LogP contribution >= 0.6 is 0 Å². The van der Waals surface area contributed by atoms with Gasteiger partial charge in [0.05, 0.1) is 6.61 Å². The van der Waals surface area contributed by atoms with Crippen LogP contribution in [0.2, 0.25) is 0 Å². The topological polar surface area (TPSA) is 39.2 Å². The Morgan fingerprint density at radius 1 is 1.69 bits per heavy atom. The molecule has 0 aliphatic heterocycles. The second kappa shape index (κ2) is 5.30. The molecule has 13 heavy (non-hydrogen) atoms. The molecule has 0 amide bonds. The minimum Gasteiger partial charge on any atom is -0.461 e. The number of esters is 1. The van der Waals surface area contributed by atoms with Crippen molar-refractivity contribution >= 4 is 5.97 Å². The molecule has 0 atom stereocenters. The highest BCUT2D eigenvalue weighted by molar-refractivity contribution is 5.86. The van der Waals surface area contributed by atoms with Crippen molar-refractivity contribution in [1.82, 2.24) is 4.98 Å². The first kappa shape index (κ1) is 9.71. The van der Waals surface area contributed by atoms with Gasteiger partial charge in [-0.05, 0) is 12.5 Å². The first-order chi connectivity index (χ1) is 6.34. The van der Waals surface area contributed by atoms with Gasteiger partial charge in [0.15, 0.2) is 0 Å². The van der Waals surface area contributed by atoms with Gasteiger partial charge in [-0.15, -0.1) is 0 Å². The van der Waals surface area contributed by atoms with E-state index in [1.807, 2.05) is 6.92 Å². The Balaban J connectivity index is 2.40. The van der Waals surface area contributed by atoms with Gasteiger partial charge < -0.3 is 4.74 Å². The maximum Gasteiger partial charge on any atom is 0.356 e. The van der Waals surface area contributed by atoms with Crippen LogP contribution < -0.4 is 0 Å². The van der Waals surface area contributed by atoms with Crippen molar-refractivity contribution in [1.29, 1.82) is 0 Å². The maximum absolute atomic E-state index is 11.2. The smallest absolute Gasteiger partial charge is 0.356 e. The van der Waals surface area contributed by atoms with Gasteiger partial charge in [-0.3, -0.25) is 0 Å². The Hall–Kier alpha value is -1.38. The molecule has 1 radical (unpaired) electrons. The lowest BCUT2D eigenvalue weighted by atomic mass is 10.3. The fourth-order valence-electron chi connectivity index (χ4n) is 0.824. The molecule has 0 fully saturated rings. The number of ether oxygens (including phenoxy) is 1. The zero-order chi connectivity index (χ0) is 9.52. The highest BCUT2D eigenvalue weighted by Crippen LogP contribution is 1.97. The van der Waals surface area contributed by atoms with E-state index >= 15 is 0 Å².